The highest BCUT2D eigenvalue weighted by Crippen LogP contribution is 2.25. The van der Waals surface area contributed by atoms with Crippen molar-refractivity contribution in [2.45, 2.75) is 6.92 Å². The van der Waals surface area contributed by atoms with Gasteiger partial charge in [-0.25, -0.2) is 0 Å². The van der Waals surface area contributed by atoms with E-state index in [0.717, 1.165) is 5.75 Å². The minimum absolute atomic E-state index is 0.527. The fourth-order valence-electron chi connectivity index (χ4n) is 1.17. The summed E-state index contributed by atoms with van der Waals surface area (Å²) in [6.45, 7) is 3.77. The summed E-state index contributed by atoms with van der Waals surface area (Å²) in [7, 11) is 1.58. The Hall–Kier alpha value is -1.42. The van der Waals surface area contributed by atoms with E-state index >= 15 is 0 Å². The molecule has 0 heterocycles. The van der Waals surface area contributed by atoms with E-state index in [0.29, 0.717) is 31.3 Å². The third-order valence-corrected chi connectivity index (χ3v) is 1.90. The maximum atomic E-state index is 5.73. The number of benzene rings is 1. The first-order valence-corrected chi connectivity index (χ1v) is 4.92. The van der Waals surface area contributed by atoms with Crippen molar-refractivity contribution >= 4 is 5.69 Å². The molecule has 1 rings (SSSR count). The van der Waals surface area contributed by atoms with Gasteiger partial charge in [0.15, 0.2) is 0 Å². The number of hydrogen-bond acceptors (Lipinski definition) is 4. The molecule has 0 saturated carbocycles. The molecule has 1 aromatic rings. The Kier molecular flexibility index (Phi) is 4.77. The molecule has 0 unspecified atom stereocenters. The molecule has 0 aromatic heterocycles. The van der Waals surface area contributed by atoms with E-state index in [-0.39, 0.29) is 0 Å². The number of rotatable bonds is 6. The van der Waals surface area contributed by atoms with Crippen LogP contribution in [-0.2, 0) is 4.74 Å². The molecule has 0 spiro atoms. The zero-order valence-electron chi connectivity index (χ0n) is 9.16. The number of methoxy groups -OCH3 is 1. The molecule has 0 bridgehead atoms. The van der Waals surface area contributed by atoms with Crippen LogP contribution in [0.5, 0.6) is 11.5 Å². The maximum Gasteiger partial charge on any atom is 0.142 e. The molecule has 1 aromatic carbocycles. The summed E-state index contributed by atoms with van der Waals surface area (Å²) in [5, 5.41) is 0. The molecule has 0 fully saturated rings. The van der Waals surface area contributed by atoms with E-state index in [4.69, 9.17) is 19.9 Å². The largest absolute Gasteiger partial charge is 0.495 e. The second-order valence-electron chi connectivity index (χ2n) is 2.95. The summed E-state index contributed by atoms with van der Waals surface area (Å²) in [6.07, 6.45) is 0. The fourth-order valence-corrected chi connectivity index (χ4v) is 1.17. The molecule has 4 nitrogen and oxygen atoms in total. The number of nitrogen functional groups attached to an aromatic ring is 1. The lowest BCUT2D eigenvalue weighted by Gasteiger charge is -2.09. The SMILES string of the molecule is CCOCCOc1ccc(OC)c(N)c1. The zero-order valence-corrected chi connectivity index (χ0v) is 9.16. The van der Waals surface area contributed by atoms with Crippen molar-refractivity contribution in [2.75, 3.05) is 32.7 Å². The first-order valence-electron chi connectivity index (χ1n) is 4.92. The second kappa shape index (κ2) is 6.14. The smallest absolute Gasteiger partial charge is 0.142 e. The van der Waals surface area contributed by atoms with Crippen LogP contribution in [0.2, 0.25) is 0 Å². The minimum Gasteiger partial charge on any atom is -0.495 e. The van der Waals surface area contributed by atoms with Crippen LogP contribution in [0.3, 0.4) is 0 Å². The highest BCUT2D eigenvalue weighted by molar-refractivity contribution is 5.56. The lowest BCUT2D eigenvalue weighted by molar-refractivity contribution is 0.110. The number of anilines is 1. The monoisotopic (exact) mass is 211 g/mol. The summed E-state index contributed by atoms with van der Waals surface area (Å²) >= 11 is 0. The lowest BCUT2D eigenvalue weighted by Crippen LogP contribution is -2.06. The predicted octanol–water partition coefficient (Wildman–Crippen LogP) is 1.69. The van der Waals surface area contributed by atoms with Crippen LogP contribution in [0.4, 0.5) is 5.69 Å². The average molecular weight is 211 g/mol. The van der Waals surface area contributed by atoms with E-state index < -0.39 is 0 Å². The van der Waals surface area contributed by atoms with Crippen molar-refractivity contribution < 1.29 is 14.2 Å². The predicted molar refractivity (Wildman–Crippen MR) is 59.4 cm³/mol. The van der Waals surface area contributed by atoms with Gasteiger partial charge in [0.25, 0.3) is 0 Å². The third kappa shape index (κ3) is 3.67. The van der Waals surface area contributed by atoms with Crippen molar-refractivity contribution in [3.63, 3.8) is 0 Å². The van der Waals surface area contributed by atoms with Crippen molar-refractivity contribution in [2.24, 2.45) is 0 Å². The molecule has 0 aliphatic carbocycles. The first kappa shape index (κ1) is 11.7. The summed E-state index contributed by atoms with van der Waals surface area (Å²) in [5.41, 5.74) is 6.30. The minimum atomic E-state index is 0.527. The van der Waals surface area contributed by atoms with Crippen LogP contribution >= 0.6 is 0 Å². The average Bonchev–Trinajstić information content (AvgIpc) is 2.25. The molecule has 0 aliphatic rings. The molecule has 0 aliphatic heterocycles. The van der Waals surface area contributed by atoms with Crippen LogP contribution in [0, 0.1) is 0 Å². The number of ether oxygens (including phenoxy) is 3. The van der Waals surface area contributed by atoms with Gasteiger partial charge in [0, 0.05) is 12.7 Å². The lowest BCUT2D eigenvalue weighted by atomic mass is 10.3. The fraction of sp³-hybridized carbons (Fsp3) is 0.455. The van der Waals surface area contributed by atoms with Gasteiger partial charge in [0.1, 0.15) is 18.1 Å². The Bertz CT molecular complexity index is 302. The van der Waals surface area contributed by atoms with Gasteiger partial charge < -0.3 is 19.9 Å². The Balaban J connectivity index is 2.45. The number of nitrogens with two attached hydrogens (primary N) is 1. The van der Waals surface area contributed by atoms with E-state index in [1.54, 1.807) is 19.2 Å². The molecule has 0 saturated heterocycles. The van der Waals surface area contributed by atoms with Gasteiger partial charge in [-0.2, -0.15) is 0 Å². The molecule has 2 N–H and O–H groups in total. The van der Waals surface area contributed by atoms with Crippen molar-refractivity contribution in [1.82, 2.24) is 0 Å². The zero-order chi connectivity index (χ0) is 11.1. The summed E-state index contributed by atoms with van der Waals surface area (Å²) < 4.78 is 15.6. The first-order chi connectivity index (χ1) is 7.27. The third-order valence-electron chi connectivity index (χ3n) is 1.90. The Morgan fingerprint density at radius 2 is 2.07 bits per heavy atom. The highest BCUT2D eigenvalue weighted by atomic mass is 16.5. The van der Waals surface area contributed by atoms with E-state index in [1.165, 1.54) is 0 Å². The van der Waals surface area contributed by atoms with Gasteiger partial charge in [-0.1, -0.05) is 0 Å². The van der Waals surface area contributed by atoms with Gasteiger partial charge in [0.2, 0.25) is 0 Å². The van der Waals surface area contributed by atoms with Crippen molar-refractivity contribution in [1.29, 1.82) is 0 Å². The van der Waals surface area contributed by atoms with Crippen LogP contribution in [0.15, 0.2) is 18.2 Å². The van der Waals surface area contributed by atoms with Crippen LogP contribution in [-0.4, -0.2) is 26.9 Å². The molecule has 84 valence electrons. The van der Waals surface area contributed by atoms with Gasteiger partial charge in [0.05, 0.1) is 19.4 Å². The molecule has 0 atom stereocenters. The summed E-state index contributed by atoms with van der Waals surface area (Å²) in [4.78, 5) is 0. The molecule has 0 radical (unpaired) electrons. The maximum absolute atomic E-state index is 5.73. The molecular weight excluding hydrogens is 194 g/mol. The van der Waals surface area contributed by atoms with Crippen LogP contribution in [0.25, 0.3) is 0 Å². The van der Waals surface area contributed by atoms with Gasteiger partial charge in [-0.15, -0.1) is 0 Å². The molecule has 15 heavy (non-hydrogen) atoms. The topological polar surface area (TPSA) is 53.7 Å². The molecule has 4 heteroatoms. The van der Waals surface area contributed by atoms with Crippen molar-refractivity contribution in [3.8, 4) is 11.5 Å². The molecule has 0 amide bonds. The Morgan fingerprint density at radius 1 is 1.27 bits per heavy atom. The summed E-state index contributed by atoms with van der Waals surface area (Å²) in [6, 6.07) is 5.34. The molecular formula is C11H17NO3. The highest BCUT2D eigenvalue weighted by Gasteiger charge is 2.00. The Morgan fingerprint density at radius 3 is 2.67 bits per heavy atom. The second-order valence-corrected chi connectivity index (χ2v) is 2.95. The number of hydrogen-bond donors (Lipinski definition) is 1. The van der Waals surface area contributed by atoms with Crippen molar-refractivity contribution in [3.05, 3.63) is 18.2 Å². The quantitative estimate of drug-likeness (QED) is 0.574. The van der Waals surface area contributed by atoms with Gasteiger partial charge >= 0.3 is 0 Å². The van der Waals surface area contributed by atoms with Crippen LogP contribution in [0.1, 0.15) is 6.92 Å². The van der Waals surface area contributed by atoms with Gasteiger partial charge in [-0.05, 0) is 19.1 Å². The van der Waals surface area contributed by atoms with Gasteiger partial charge in [-0.3, -0.25) is 0 Å². The Labute approximate surface area is 89.9 Å². The summed E-state index contributed by atoms with van der Waals surface area (Å²) in [5.74, 6) is 1.39. The standard InChI is InChI=1S/C11H17NO3/c1-3-14-6-7-15-9-4-5-11(13-2)10(12)8-9/h4-5,8H,3,6-7,12H2,1-2H3. The van der Waals surface area contributed by atoms with E-state index in [1.807, 2.05) is 13.0 Å². The van der Waals surface area contributed by atoms with Crippen LogP contribution < -0.4 is 15.2 Å². The van der Waals surface area contributed by atoms with E-state index in [9.17, 15) is 0 Å². The normalized spacial score (nSPS) is 10.0. The van der Waals surface area contributed by atoms with E-state index in [2.05, 4.69) is 0 Å².